The van der Waals surface area contributed by atoms with Crippen LogP contribution in [0.3, 0.4) is 0 Å². The van der Waals surface area contributed by atoms with Gasteiger partial charge in [-0.05, 0) is 62.4 Å². The number of nitrogens with one attached hydrogen (secondary N) is 1. The van der Waals surface area contributed by atoms with Crippen molar-refractivity contribution < 1.29 is 18.0 Å². The number of fused-ring (bicyclic) bond motifs is 1. The molecule has 0 saturated carbocycles. The number of benzene rings is 2. The molecule has 0 saturated heterocycles. The van der Waals surface area contributed by atoms with E-state index in [-0.39, 0.29) is 23.3 Å². The number of amides is 2. The number of hydrogen-bond donors (Lipinski definition) is 1. The summed E-state index contributed by atoms with van der Waals surface area (Å²) in [4.78, 5) is 26.8. The Balaban J connectivity index is 1.75. The molecular formula is C22H25N3O4S. The van der Waals surface area contributed by atoms with Gasteiger partial charge >= 0.3 is 0 Å². The van der Waals surface area contributed by atoms with Crippen LogP contribution in [0.5, 0.6) is 0 Å². The normalized spacial score (nSPS) is 11.4. The summed E-state index contributed by atoms with van der Waals surface area (Å²) in [6, 6.07) is 13.2. The van der Waals surface area contributed by atoms with Crippen LogP contribution in [-0.4, -0.2) is 49.0 Å². The Hall–Kier alpha value is -3.13. The first-order chi connectivity index (χ1) is 14.2. The smallest absolute Gasteiger partial charge is 0.255 e. The van der Waals surface area contributed by atoms with Gasteiger partial charge in [0, 0.05) is 47.7 Å². The van der Waals surface area contributed by atoms with Crippen molar-refractivity contribution in [1.82, 2.24) is 9.47 Å². The molecule has 0 aliphatic carbocycles. The average molecular weight is 428 g/mol. The molecule has 0 bridgehead atoms. The minimum absolute atomic E-state index is 0.0624. The third kappa shape index (κ3) is 4.71. The zero-order chi connectivity index (χ0) is 21.9. The predicted octanol–water partition coefficient (Wildman–Crippen LogP) is 3.17. The van der Waals surface area contributed by atoms with Gasteiger partial charge in [-0.15, -0.1) is 0 Å². The van der Waals surface area contributed by atoms with Crippen LogP contribution in [0.15, 0.2) is 59.6 Å². The molecule has 30 heavy (non-hydrogen) atoms. The van der Waals surface area contributed by atoms with Gasteiger partial charge in [0.15, 0.2) is 9.84 Å². The lowest BCUT2D eigenvalue weighted by Gasteiger charge is -2.19. The summed E-state index contributed by atoms with van der Waals surface area (Å²) in [5.41, 5.74) is 1.89. The van der Waals surface area contributed by atoms with E-state index in [2.05, 4.69) is 5.32 Å². The molecule has 0 spiro atoms. The first-order valence-corrected chi connectivity index (χ1v) is 11.6. The predicted molar refractivity (Wildman–Crippen MR) is 117 cm³/mol. The Morgan fingerprint density at radius 3 is 2.27 bits per heavy atom. The van der Waals surface area contributed by atoms with Gasteiger partial charge in [0.25, 0.3) is 5.91 Å². The van der Waals surface area contributed by atoms with Crippen molar-refractivity contribution in [2.24, 2.45) is 0 Å². The van der Waals surface area contributed by atoms with E-state index in [9.17, 15) is 18.0 Å². The van der Waals surface area contributed by atoms with Gasteiger partial charge in [0.1, 0.15) is 6.54 Å². The van der Waals surface area contributed by atoms with Gasteiger partial charge in [0.05, 0.1) is 4.90 Å². The highest BCUT2D eigenvalue weighted by Crippen LogP contribution is 2.21. The number of aromatic nitrogens is 1. The molecule has 2 amide bonds. The summed E-state index contributed by atoms with van der Waals surface area (Å²) in [5, 5.41) is 3.73. The van der Waals surface area contributed by atoms with Crippen molar-refractivity contribution in [3.63, 3.8) is 0 Å². The highest BCUT2D eigenvalue weighted by atomic mass is 32.2. The Morgan fingerprint density at radius 1 is 1.00 bits per heavy atom. The topological polar surface area (TPSA) is 88.5 Å². The van der Waals surface area contributed by atoms with E-state index in [0.29, 0.717) is 24.3 Å². The molecule has 0 fully saturated rings. The third-order valence-electron chi connectivity index (χ3n) is 5.00. The number of carbonyl (C=O) groups is 2. The minimum Gasteiger partial charge on any atom is -0.342 e. The summed E-state index contributed by atoms with van der Waals surface area (Å²) in [5.74, 6) is -0.266. The molecule has 0 unspecified atom stereocenters. The van der Waals surface area contributed by atoms with Crippen molar-refractivity contribution in [3.8, 4) is 0 Å². The van der Waals surface area contributed by atoms with Crippen molar-refractivity contribution in [2.75, 3.05) is 24.7 Å². The molecule has 1 aromatic heterocycles. The fraction of sp³-hybridized carbons (Fsp3) is 0.273. The van der Waals surface area contributed by atoms with Gasteiger partial charge in [-0.25, -0.2) is 8.42 Å². The maximum Gasteiger partial charge on any atom is 0.255 e. The van der Waals surface area contributed by atoms with Crippen LogP contribution in [0.4, 0.5) is 5.69 Å². The molecule has 8 heteroatoms. The molecule has 0 radical (unpaired) electrons. The van der Waals surface area contributed by atoms with E-state index in [0.717, 1.165) is 17.2 Å². The Bertz CT molecular complexity index is 1180. The van der Waals surface area contributed by atoms with Crippen molar-refractivity contribution in [3.05, 3.63) is 60.3 Å². The number of likely N-dealkylation sites (N-methyl/N-ethyl adjacent to an activating group) is 1. The molecule has 3 aromatic rings. The number of anilines is 1. The molecule has 2 aromatic carbocycles. The number of rotatable bonds is 7. The highest BCUT2D eigenvalue weighted by molar-refractivity contribution is 7.90. The highest BCUT2D eigenvalue weighted by Gasteiger charge is 2.13. The van der Waals surface area contributed by atoms with E-state index in [4.69, 9.17) is 0 Å². The van der Waals surface area contributed by atoms with E-state index in [1.165, 1.54) is 24.3 Å². The number of hydrogen-bond acceptors (Lipinski definition) is 4. The second-order valence-corrected chi connectivity index (χ2v) is 9.05. The average Bonchev–Trinajstić information content (AvgIpc) is 3.10. The van der Waals surface area contributed by atoms with Crippen LogP contribution in [0.25, 0.3) is 10.9 Å². The lowest BCUT2D eigenvalue weighted by Crippen LogP contribution is -2.33. The maximum absolute atomic E-state index is 12.5. The lowest BCUT2D eigenvalue weighted by atomic mass is 10.2. The van der Waals surface area contributed by atoms with E-state index in [1.807, 2.05) is 42.8 Å². The van der Waals surface area contributed by atoms with Crippen LogP contribution < -0.4 is 5.32 Å². The largest absolute Gasteiger partial charge is 0.342 e. The lowest BCUT2D eigenvalue weighted by molar-refractivity contribution is -0.131. The molecule has 0 atom stereocenters. The van der Waals surface area contributed by atoms with E-state index < -0.39 is 9.84 Å². The van der Waals surface area contributed by atoms with Gasteiger partial charge in [-0.2, -0.15) is 0 Å². The number of carbonyl (C=O) groups excluding carboxylic acids is 2. The second kappa shape index (κ2) is 8.71. The summed E-state index contributed by atoms with van der Waals surface area (Å²) < 4.78 is 25.0. The van der Waals surface area contributed by atoms with Crippen LogP contribution >= 0.6 is 0 Å². The quantitative estimate of drug-likeness (QED) is 0.627. The van der Waals surface area contributed by atoms with Crippen LogP contribution in [-0.2, 0) is 21.2 Å². The Labute approximate surface area is 176 Å². The zero-order valence-electron chi connectivity index (χ0n) is 17.3. The summed E-state index contributed by atoms with van der Waals surface area (Å²) in [7, 11) is -3.30. The minimum atomic E-state index is -3.30. The Morgan fingerprint density at radius 2 is 1.67 bits per heavy atom. The second-order valence-electron chi connectivity index (χ2n) is 7.03. The molecule has 1 heterocycles. The number of nitrogens with zero attached hydrogens (tertiary/aromatic N) is 2. The summed E-state index contributed by atoms with van der Waals surface area (Å²) in [6.07, 6.45) is 2.99. The summed E-state index contributed by atoms with van der Waals surface area (Å²) >= 11 is 0. The van der Waals surface area contributed by atoms with Crippen molar-refractivity contribution in [1.29, 1.82) is 0 Å². The van der Waals surface area contributed by atoms with Crippen molar-refractivity contribution in [2.45, 2.75) is 25.3 Å². The number of sulfone groups is 1. The SMILES string of the molecule is CCN(CC)C(=O)Cn1ccc2cc(NC(=O)c3ccc(S(C)(=O)=O)cc3)ccc21. The van der Waals surface area contributed by atoms with Gasteiger partial charge in [-0.3, -0.25) is 9.59 Å². The van der Waals surface area contributed by atoms with E-state index in [1.54, 1.807) is 11.0 Å². The first kappa shape index (κ1) is 21.6. The molecule has 7 nitrogen and oxygen atoms in total. The van der Waals surface area contributed by atoms with Crippen LogP contribution in [0.2, 0.25) is 0 Å². The molecule has 1 N–H and O–H groups in total. The molecule has 158 valence electrons. The van der Waals surface area contributed by atoms with Gasteiger partial charge in [0.2, 0.25) is 5.91 Å². The van der Waals surface area contributed by atoms with Crippen LogP contribution in [0, 0.1) is 0 Å². The van der Waals surface area contributed by atoms with Gasteiger partial charge in [-0.1, -0.05) is 0 Å². The Kier molecular flexibility index (Phi) is 6.26. The van der Waals surface area contributed by atoms with E-state index >= 15 is 0 Å². The summed E-state index contributed by atoms with van der Waals surface area (Å²) in [6.45, 7) is 5.53. The molecule has 0 aliphatic heterocycles. The molecule has 0 aliphatic rings. The zero-order valence-corrected chi connectivity index (χ0v) is 18.1. The van der Waals surface area contributed by atoms with Crippen LogP contribution in [0.1, 0.15) is 24.2 Å². The molecular weight excluding hydrogens is 402 g/mol. The monoisotopic (exact) mass is 427 g/mol. The fourth-order valence-electron chi connectivity index (χ4n) is 3.29. The van der Waals surface area contributed by atoms with Gasteiger partial charge < -0.3 is 14.8 Å². The third-order valence-corrected chi connectivity index (χ3v) is 6.12. The van der Waals surface area contributed by atoms with Crippen molar-refractivity contribution >= 4 is 38.2 Å². The molecule has 3 rings (SSSR count). The first-order valence-electron chi connectivity index (χ1n) is 9.71. The fourth-order valence-corrected chi connectivity index (χ4v) is 3.93. The standard InChI is InChI=1S/C22H25N3O4S/c1-4-24(5-2)21(26)15-25-13-12-17-14-18(8-11-20(17)25)23-22(27)16-6-9-19(10-7-16)30(3,28)29/h6-14H,4-5,15H2,1-3H3,(H,23,27). The maximum atomic E-state index is 12.5.